The zero-order chi connectivity index (χ0) is 19.7. The molecule has 1 aromatic carbocycles. The number of nitriles is 1. The van der Waals surface area contributed by atoms with Gasteiger partial charge in [-0.1, -0.05) is 33.8 Å². The van der Waals surface area contributed by atoms with Gasteiger partial charge in [-0.3, -0.25) is 10.1 Å². The molecule has 1 atom stereocenters. The summed E-state index contributed by atoms with van der Waals surface area (Å²) in [7, 11) is 0. The van der Waals surface area contributed by atoms with Crippen molar-refractivity contribution in [2.75, 3.05) is 23.8 Å². The number of nitrogens with zero attached hydrogens (tertiary/aromatic N) is 1. The smallest absolute Gasteiger partial charge is 0.411 e. The monoisotopic (exact) mass is 360 g/mol. The van der Waals surface area contributed by atoms with Crippen LogP contribution in [0.15, 0.2) is 24.3 Å². The number of carbonyl (C=O) groups is 2. The Hall–Kier alpha value is -2.75. The van der Waals surface area contributed by atoms with E-state index in [-0.39, 0.29) is 24.3 Å². The lowest BCUT2D eigenvalue weighted by molar-refractivity contribution is -0.121. The number of ether oxygens (including phenoxy) is 1. The summed E-state index contributed by atoms with van der Waals surface area (Å²) in [6, 6.07) is 9.11. The van der Waals surface area contributed by atoms with Gasteiger partial charge in [-0.15, -0.1) is 0 Å². The summed E-state index contributed by atoms with van der Waals surface area (Å²) >= 11 is 0. The number of anilines is 2. The van der Waals surface area contributed by atoms with E-state index in [9.17, 15) is 14.9 Å². The molecule has 1 rings (SSSR count). The number of amides is 2. The largest absolute Gasteiger partial charge is 0.449 e. The molecule has 0 heterocycles. The van der Waals surface area contributed by atoms with Crippen LogP contribution in [-0.4, -0.2) is 30.7 Å². The third kappa shape index (κ3) is 7.01. The summed E-state index contributed by atoms with van der Waals surface area (Å²) in [4.78, 5) is 23.8. The van der Waals surface area contributed by atoms with Crippen molar-refractivity contribution in [1.29, 1.82) is 5.26 Å². The Morgan fingerprint density at radius 1 is 1.23 bits per heavy atom. The number of carbonyl (C=O) groups excluding carboxylic acids is 2. The molecule has 3 N–H and O–H groups in total. The van der Waals surface area contributed by atoms with Crippen molar-refractivity contribution in [1.82, 2.24) is 5.32 Å². The summed E-state index contributed by atoms with van der Waals surface area (Å²) < 4.78 is 5.07. The van der Waals surface area contributed by atoms with E-state index in [0.29, 0.717) is 18.0 Å². The first-order valence-electron chi connectivity index (χ1n) is 8.66. The molecule has 0 aliphatic rings. The Labute approximate surface area is 155 Å². The standard InChI is InChI=1S/C19H28N4O3/c1-13(2)11-26-18(25)22-16-8-6-7-15(9-16)21-10-17(24)23-19(5,12-20)14(3)4/h6-9,13-14,21H,10-11H2,1-5H3,(H,22,25)(H,23,24). The summed E-state index contributed by atoms with van der Waals surface area (Å²) in [5.74, 6) is -0.0320. The van der Waals surface area contributed by atoms with Crippen LogP contribution in [0.25, 0.3) is 0 Å². The van der Waals surface area contributed by atoms with Crippen LogP contribution in [0.2, 0.25) is 0 Å². The van der Waals surface area contributed by atoms with E-state index in [1.807, 2.05) is 27.7 Å². The third-order valence-corrected chi connectivity index (χ3v) is 3.90. The summed E-state index contributed by atoms with van der Waals surface area (Å²) in [6.07, 6.45) is -0.518. The van der Waals surface area contributed by atoms with Gasteiger partial charge in [0.1, 0.15) is 5.54 Å². The van der Waals surface area contributed by atoms with Gasteiger partial charge >= 0.3 is 6.09 Å². The predicted octanol–water partition coefficient (Wildman–Crippen LogP) is 3.36. The van der Waals surface area contributed by atoms with Crippen LogP contribution in [0.4, 0.5) is 16.2 Å². The van der Waals surface area contributed by atoms with E-state index in [1.165, 1.54) is 0 Å². The Bertz CT molecular complexity index is 667. The Morgan fingerprint density at radius 2 is 1.88 bits per heavy atom. The second kappa shape index (κ2) is 9.66. The SMILES string of the molecule is CC(C)COC(=O)Nc1cccc(NCC(=O)NC(C)(C#N)C(C)C)c1. The molecular weight excluding hydrogens is 332 g/mol. The van der Waals surface area contributed by atoms with E-state index >= 15 is 0 Å². The maximum atomic E-state index is 12.1. The fourth-order valence-corrected chi connectivity index (χ4v) is 1.92. The molecule has 0 aromatic heterocycles. The first-order valence-corrected chi connectivity index (χ1v) is 8.66. The van der Waals surface area contributed by atoms with Gasteiger partial charge in [0.15, 0.2) is 0 Å². The van der Waals surface area contributed by atoms with E-state index in [0.717, 1.165) is 0 Å². The third-order valence-electron chi connectivity index (χ3n) is 3.90. The van der Waals surface area contributed by atoms with Gasteiger partial charge < -0.3 is 15.4 Å². The van der Waals surface area contributed by atoms with Gasteiger partial charge in [-0.25, -0.2) is 4.79 Å². The molecule has 0 aliphatic carbocycles. The average Bonchev–Trinajstić information content (AvgIpc) is 2.58. The van der Waals surface area contributed by atoms with Crippen LogP contribution < -0.4 is 16.0 Å². The van der Waals surface area contributed by atoms with Crippen molar-refractivity contribution in [2.45, 2.75) is 40.2 Å². The zero-order valence-corrected chi connectivity index (χ0v) is 16.1. The molecule has 26 heavy (non-hydrogen) atoms. The van der Waals surface area contributed by atoms with Crippen molar-refractivity contribution in [3.8, 4) is 6.07 Å². The minimum Gasteiger partial charge on any atom is -0.449 e. The van der Waals surface area contributed by atoms with Crippen molar-refractivity contribution in [3.05, 3.63) is 24.3 Å². The fraction of sp³-hybridized carbons (Fsp3) is 0.526. The second-order valence-electron chi connectivity index (χ2n) is 7.07. The van der Waals surface area contributed by atoms with Crippen LogP contribution in [0.3, 0.4) is 0 Å². The highest BCUT2D eigenvalue weighted by atomic mass is 16.5. The van der Waals surface area contributed by atoms with Gasteiger partial charge in [0.2, 0.25) is 5.91 Å². The molecule has 0 saturated heterocycles. The molecule has 2 amide bonds. The zero-order valence-electron chi connectivity index (χ0n) is 16.1. The number of hydrogen-bond donors (Lipinski definition) is 3. The van der Waals surface area contributed by atoms with Gasteiger partial charge in [-0.2, -0.15) is 5.26 Å². The molecular formula is C19H28N4O3. The van der Waals surface area contributed by atoms with E-state index in [1.54, 1.807) is 31.2 Å². The van der Waals surface area contributed by atoms with Gasteiger partial charge in [-0.05, 0) is 37.0 Å². The van der Waals surface area contributed by atoms with Crippen molar-refractivity contribution in [2.24, 2.45) is 11.8 Å². The minimum absolute atomic E-state index is 0.0131. The molecule has 7 nitrogen and oxygen atoms in total. The maximum absolute atomic E-state index is 12.1. The highest BCUT2D eigenvalue weighted by molar-refractivity contribution is 5.86. The van der Waals surface area contributed by atoms with E-state index in [2.05, 4.69) is 22.0 Å². The predicted molar refractivity (Wildman–Crippen MR) is 102 cm³/mol. The molecule has 0 radical (unpaired) electrons. The molecule has 0 aliphatic heterocycles. The fourth-order valence-electron chi connectivity index (χ4n) is 1.92. The van der Waals surface area contributed by atoms with Crippen molar-refractivity contribution in [3.63, 3.8) is 0 Å². The van der Waals surface area contributed by atoms with E-state index < -0.39 is 11.6 Å². The minimum atomic E-state index is -0.914. The number of hydrogen-bond acceptors (Lipinski definition) is 5. The van der Waals surface area contributed by atoms with Crippen LogP contribution in [0.1, 0.15) is 34.6 Å². The topological polar surface area (TPSA) is 103 Å². The summed E-state index contributed by atoms with van der Waals surface area (Å²) in [6.45, 7) is 9.74. The first kappa shape index (κ1) is 21.3. The Kier molecular flexibility index (Phi) is 7.91. The molecule has 1 aromatic rings. The lowest BCUT2D eigenvalue weighted by Crippen LogP contribution is -2.50. The van der Waals surface area contributed by atoms with Crippen LogP contribution in [0, 0.1) is 23.2 Å². The quantitative estimate of drug-likeness (QED) is 0.659. The Balaban J connectivity index is 2.57. The number of nitrogens with one attached hydrogen (secondary N) is 3. The highest BCUT2D eigenvalue weighted by Gasteiger charge is 2.29. The summed E-state index contributed by atoms with van der Waals surface area (Å²) in [5.41, 5.74) is 0.320. The molecule has 0 fully saturated rings. The molecule has 142 valence electrons. The maximum Gasteiger partial charge on any atom is 0.411 e. The molecule has 0 saturated carbocycles. The van der Waals surface area contributed by atoms with Gasteiger partial charge in [0.05, 0.1) is 19.2 Å². The van der Waals surface area contributed by atoms with Crippen LogP contribution >= 0.6 is 0 Å². The molecule has 1 unspecified atom stereocenters. The Morgan fingerprint density at radius 3 is 2.46 bits per heavy atom. The van der Waals surface area contributed by atoms with Gasteiger partial charge in [0.25, 0.3) is 0 Å². The molecule has 0 bridgehead atoms. The second-order valence-corrected chi connectivity index (χ2v) is 7.07. The molecule has 7 heteroatoms. The highest BCUT2D eigenvalue weighted by Crippen LogP contribution is 2.17. The van der Waals surface area contributed by atoms with Crippen molar-refractivity contribution < 1.29 is 14.3 Å². The lowest BCUT2D eigenvalue weighted by atomic mass is 9.90. The lowest BCUT2D eigenvalue weighted by Gasteiger charge is -2.27. The normalized spacial score (nSPS) is 12.8. The van der Waals surface area contributed by atoms with Crippen LogP contribution in [-0.2, 0) is 9.53 Å². The van der Waals surface area contributed by atoms with E-state index in [4.69, 9.17) is 4.74 Å². The first-order chi connectivity index (χ1) is 12.2. The molecule has 0 spiro atoms. The average molecular weight is 360 g/mol. The van der Waals surface area contributed by atoms with Gasteiger partial charge in [0, 0.05) is 11.4 Å². The number of rotatable bonds is 8. The number of benzene rings is 1. The summed E-state index contributed by atoms with van der Waals surface area (Å²) in [5, 5.41) is 17.6. The van der Waals surface area contributed by atoms with Crippen LogP contribution in [0.5, 0.6) is 0 Å². The van der Waals surface area contributed by atoms with Crippen molar-refractivity contribution >= 4 is 23.4 Å².